The van der Waals surface area contributed by atoms with Crippen LogP contribution in [0.1, 0.15) is 29.1 Å². The number of rotatable bonds is 6. The van der Waals surface area contributed by atoms with E-state index in [-0.39, 0.29) is 18.2 Å². The lowest BCUT2D eigenvalue weighted by Gasteiger charge is -2.12. The molecule has 2 heterocycles. The third-order valence-electron chi connectivity index (χ3n) is 3.34. The number of anilines is 2. The molecule has 0 saturated heterocycles. The zero-order valence-electron chi connectivity index (χ0n) is 15.4. The van der Waals surface area contributed by atoms with E-state index in [1.54, 1.807) is 38.9 Å². The molecule has 26 heavy (non-hydrogen) atoms. The average molecular weight is 378 g/mol. The molecule has 0 fully saturated rings. The van der Waals surface area contributed by atoms with E-state index in [2.05, 4.69) is 10.4 Å². The van der Waals surface area contributed by atoms with Crippen molar-refractivity contribution in [3.8, 4) is 0 Å². The lowest BCUT2D eigenvalue weighted by atomic mass is 10.3. The summed E-state index contributed by atoms with van der Waals surface area (Å²) >= 11 is 1.27. The van der Waals surface area contributed by atoms with E-state index in [9.17, 15) is 14.4 Å². The van der Waals surface area contributed by atoms with Crippen molar-refractivity contribution < 1.29 is 14.3 Å². The number of amides is 1. The first-order valence-corrected chi connectivity index (χ1v) is 8.84. The molecule has 1 amide bonds. The summed E-state index contributed by atoms with van der Waals surface area (Å²) in [6.45, 7) is 5.09. The smallest absolute Gasteiger partial charge is 0.341 e. The van der Waals surface area contributed by atoms with E-state index in [4.69, 9.17) is 4.74 Å². The number of carbonyl (C=O) groups excluding carboxylic acids is 2. The fraction of sp³-hybridized carbons (Fsp3) is 0.412. The standard InChI is InChI=1S/C17H22N4O4S/c1-10(2)25-17(24)13-6-11(3)26-16(13)19-14(22)9-21-15(23)7-12(8-18-21)20(4)5/h6-8,10H,9H2,1-5H3,(H,19,22). The molecule has 9 heteroatoms. The molecule has 0 aliphatic heterocycles. The molecule has 0 aliphatic carbocycles. The second-order valence-corrected chi connectivity index (χ2v) is 7.46. The fourth-order valence-electron chi connectivity index (χ4n) is 2.13. The van der Waals surface area contributed by atoms with E-state index in [0.717, 1.165) is 9.56 Å². The average Bonchev–Trinajstić information content (AvgIpc) is 2.89. The Morgan fingerprint density at radius 3 is 2.62 bits per heavy atom. The molecule has 8 nitrogen and oxygen atoms in total. The topological polar surface area (TPSA) is 93.5 Å². The van der Waals surface area contributed by atoms with Gasteiger partial charge in [-0.2, -0.15) is 5.10 Å². The van der Waals surface area contributed by atoms with Crippen LogP contribution in [0.15, 0.2) is 23.1 Å². The summed E-state index contributed by atoms with van der Waals surface area (Å²) < 4.78 is 6.25. The first-order chi connectivity index (χ1) is 12.2. The van der Waals surface area contributed by atoms with Gasteiger partial charge in [0.15, 0.2) is 0 Å². The largest absolute Gasteiger partial charge is 0.459 e. The number of nitrogens with zero attached hydrogens (tertiary/aromatic N) is 3. The van der Waals surface area contributed by atoms with Gasteiger partial charge in [-0.1, -0.05) is 0 Å². The van der Waals surface area contributed by atoms with Gasteiger partial charge in [0, 0.05) is 25.0 Å². The number of nitrogens with one attached hydrogen (secondary N) is 1. The molecule has 0 unspecified atom stereocenters. The monoisotopic (exact) mass is 378 g/mol. The summed E-state index contributed by atoms with van der Waals surface area (Å²) in [5, 5.41) is 7.06. The number of carbonyl (C=O) groups is 2. The SMILES string of the molecule is Cc1cc(C(=O)OC(C)C)c(NC(=O)Cn2ncc(N(C)C)cc2=O)s1. The lowest BCUT2D eigenvalue weighted by molar-refractivity contribution is -0.117. The van der Waals surface area contributed by atoms with Crippen molar-refractivity contribution in [2.45, 2.75) is 33.4 Å². The Labute approximate surface area is 155 Å². The number of hydrogen-bond donors (Lipinski definition) is 1. The van der Waals surface area contributed by atoms with E-state index in [0.29, 0.717) is 16.3 Å². The van der Waals surface area contributed by atoms with E-state index in [1.165, 1.54) is 23.6 Å². The first-order valence-electron chi connectivity index (χ1n) is 8.03. The highest BCUT2D eigenvalue weighted by atomic mass is 32.1. The van der Waals surface area contributed by atoms with Crippen molar-refractivity contribution in [1.82, 2.24) is 9.78 Å². The van der Waals surface area contributed by atoms with Crippen LogP contribution >= 0.6 is 11.3 Å². The van der Waals surface area contributed by atoms with Crippen LogP contribution in [0.25, 0.3) is 0 Å². The summed E-state index contributed by atoms with van der Waals surface area (Å²) in [5.41, 5.74) is 0.574. The highest BCUT2D eigenvalue weighted by Gasteiger charge is 2.19. The van der Waals surface area contributed by atoms with Crippen LogP contribution < -0.4 is 15.8 Å². The highest BCUT2D eigenvalue weighted by molar-refractivity contribution is 7.16. The summed E-state index contributed by atoms with van der Waals surface area (Å²) in [6, 6.07) is 3.07. The maximum absolute atomic E-state index is 12.3. The molecule has 0 atom stereocenters. The van der Waals surface area contributed by atoms with Crippen LogP contribution in [0.2, 0.25) is 0 Å². The third-order valence-corrected chi connectivity index (χ3v) is 4.30. The van der Waals surface area contributed by atoms with Gasteiger partial charge in [-0.05, 0) is 26.8 Å². The quantitative estimate of drug-likeness (QED) is 0.772. The van der Waals surface area contributed by atoms with Crippen LogP contribution in [0, 0.1) is 6.92 Å². The summed E-state index contributed by atoms with van der Waals surface area (Å²) in [4.78, 5) is 39.1. The maximum atomic E-state index is 12.3. The Balaban J connectivity index is 2.14. The van der Waals surface area contributed by atoms with Gasteiger partial charge in [0.05, 0.1) is 23.6 Å². The molecule has 0 aliphatic rings. The number of hydrogen-bond acceptors (Lipinski definition) is 7. The van der Waals surface area contributed by atoms with Crippen molar-refractivity contribution in [3.05, 3.63) is 39.1 Å². The van der Waals surface area contributed by atoms with Gasteiger partial charge in [0.25, 0.3) is 5.56 Å². The summed E-state index contributed by atoms with van der Waals surface area (Å²) in [6.07, 6.45) is 1.25. The van der Waals surface area contributed by atoms with E-state index in [1.807, 2.05) is 6.92 Å². The van der Waals surface area contributed by atoms with Gasteiger partial charge in [-0.3, -0.25) is 9.59 Å². The van der Waals surface area contributed by atoms with E-state index < -0.39 is 11.9 Å². The van der Waals surface area contributed by atoms with Crippen molar-refractivity contribution in [1.29, 1.82) is 0 Å². The predicted molar refractivity (Wildman–Crippen MR) is 101 cm³/mol. The Hall–Kier alpha value is -2.68. The van der Waals surface area contributed by atoms with Crippen molar-refractivity contribution in [2.24, 2.45) is 0 Å². The minimum atomic E-state index is -0.495. The molecule has 0 bridgehead atoms. The van der Waals surface area contributed by atoms with Crippen LogP contribution in [0.3, 0.4) is 0 Å². The normalized spacial score (nSPS) is 10.7. The molecular weight excluding hydrogens is 356 g/mol. The van der Waals surface area contributed by atoms with Gasteiger partial charge in [-0.25, -0.2) is 9.48 Å². The molecule has 0 spiro atoms. The van der Waals surface area contributed by atoms with Gasteiger partial charge in [0.1, 0.15) is 11.5 Å². The van der Waals surface area contributed by atoms with Gasteiger partial charge in [-0.15, -0.1) is 11.3 Å². The van der Waals surface area contributed by atoms with Gasteiger partial charge >= 0.3 is 5.97 Å². The van der Waals surface area contributed by atoms with Crippen LogP contribution in [0.5, 0.6) is 0 Å². The van der Waals surface area contributed by atoms with Crippen molar-refractivity contribution in [3.63, 3.8) is 0 Å². The van der Waals surface area contributed by atoms with Crippen LogP contribution in [-0.4, -0.2) is 41.9 Å². The first kappa shape index (κ1) is 19.6. The Morgan fingerprint density at radius 1 is 1.35 bits per heavy atom. The third kappa shape index (κ3) is 4.92. The molecule has 0 aromatic carbocycles. The predicted octanol–water partition coefficient (Wildman–Crippen LogP) is 1.88. The molecule has 2 rings (SSSR count). The second kappa shape index (κ2) is 8.13. The maximum Gasteiger partial charge on any atom is 0.341 e. The minimum Gasteiger partial charge on any atom is -0.459 e. The number of ether oxygens (including phenoxy) is 1. The zero-order valence-corrected chi connectivity index (χ0v) is 16.2. The lowest BCUT2D eigenvalue weighted by Crippen LogP contribution is -2.30. The molecule has 1 N–H and O–H groups in total. The second-order valence-electron chi connectivity index (χ2n) is 6.21. The van der Waals surface area contributed by atoms with Crippen LogP contribution in [-0.2, 0) is 16.1 Å². The molecule has 2 aromatic rings. The molecule has 0 radical (unpaired) electrons. The number of esters is 1. The minimum absolute atomic E-state index is 0.248. The molecular formula is C17H22N4O4S. The Kier molecular flexibility index (Phi) is 6.14. The highest BCUT2D eigenvalue weighted by Crippen LogP contribution is 2.28. The van der Waals surface area contributed by atoms with Crippen LogP contribution in [0.4, 0.5) is 10.7 Å². The number of aromatic nitrogens is 2. The van der Waals surface area contributed by atoms with Gasteiger partial charge in [0.2, 0.25) is 5.91 Å². The number of aryl methyl sites for hydroxylation is 1. The van der Waals surface area contributed by atoms with Crippen molar-refractivity contribution in [2.75, 3.05) is 24.3 Å². The Bertz CT molecular complexity index is 870. The number of thiophene rings is 1. The fourth-order valence-corrected chi connectivity index (χ4v) is 3.04. The summed E-state index contributed by atoms with van der Waals surface area (Å²) in [7, 11) is 3.59. The van der Waals surface area contributed by atoms with Gasteiger partial charge < -0.3 is 15.0 Å². The Morgan fingerprint density at radius 2 is 2.04 bits per heavy atom. The molecule has 0 saturated carbocycles. The molecule has 140 valence electrons. The molecule has 2 aromatic heterocycles. The van der Waals surface area contributed by atoms with Crippen molar-refractivity contribution >= 4 is 33.9 Å². The van der Waals surface area contributed by atoms with E-state index >= 15 is 0 Å². The summed E-state index contributed by atoms with van der Waals surface area (Å²) in [5.74, 6) is -0.942. The zero-order chi connectivity index (χ0) is 19.4.